The first-order chi connectivity index (χ1) is 15.1. The number of rotatable bonds is 5. The molecule has 3 aromatic rings. The van der Waals surface area contributed by atoms with E-state index in [9.17, 15) is 0 Å². The van der Waals surface area contributed by atoms with Crippen molar-refractivity contribution in [3.63, 3.8) is 0 Å². The van der Waals surface area contributed by atoms with E-state index in [-0.39, 0.29) is 17.7 Å². The number of nitrogens with two attached hydrogens (primary N) is 1. The van der Waals surface area contributed by atoms with E-state index >= 15 is 0 Å². The lowest BCUT2D eigenvalue weighted by atomic mass is 9.78. The molecule has 0 saturated heterocycles. The zero-order valence-electron chi connectivity index (χ0n) is 18.0. The Balaban J connectivity index is 1.18. The third kappa shape index (κ3) is 4.78. The van der Waals surface area contributed by atoms with E-state index in [1.807, 2.05) is 13.0 Å². The molecule has 0 spiro atoms. The second kappa shape index (κ2) is 8.64. The molecule has 0 radical (unpaired) electrons. The monoisotopic (exact) mass is 434 g/mol. The van der Waals surface area contributed by atoms with Gasteiger partial charge in [0, 0.05) is 17.3 Å². The van der Waals surface area contributed by atoms with Crippen molar-refractivity contribution in [2.45, 2.75) is 69.6 Å². The van der Waals surface area contributed by atoms with Gasteiger partial charge in [-0.25, -0.2) is 4.98 Å². The maximum absolute atomic E-state index is 6.70. The summed E-state index contributed by atoms with van der Waals surface area (Å²) >= 11 is 1.70. The van der Waals surface area contributed by atoms with E-state index in [1.165, 1.54) is 11.1 Å². The number of nitrogens with zero attached hydrogens (tertiary/aromatic N) is 1. The first kappa shape index (κ1) is 20.5. The quantitative estimate of drug-likeness (QED) is 0.553. The Bertz CT molecular complexity index is 1020. The highest BCUT2D eigenvalue weighted by Gasteiger charge is 2.33. The summed E-state index contributed by atoms with van der Waals surface area (Å²) in [5.74, 6) is 1.93. The lowest BCUT2D eigenvalue weighted by molar-refractivity contribution is 0.117. The fourth-order valence-corrected chi connectivity index (χ4v) is 5.46. The van der Waals surface area contributed by atoms with Gasteiger partial charge in [-0.1, -0.05) is 30.3 Å². The van der Waals surface area contributed by atoms with Crippen LogP contribution in [-0.2, 0) is 12.8 Å². The summed E-state index contributed by atoms with van der Waals surface area (Å²) in [5.41, 5.74) is 10.2. The van der Waals surface area contributed by atoms with Gasteiger partial charge >= 0.3 is 0 Å². The number of aromatic nitrogens is 1. The normalized spacial score (nSPS) is 25.5. The molecule has 1 fully saturated rings. The van der Waals surface area contributed by atoms with Crippen molar-refractivity contribution < 1.29 is 9.47 Å². The Morgan fingerprint density at radius 3 is 2.68 bits per heavy atom. The molecule has 1 aliphatic heterocycles. The van der Waals surface area contributed by atoms with Gasteiger partial charge in [0.1, 0.15) is 17.6 Å². The van der Waals surface area contributed by atoms with Crippen molar-refractivity contribution in [3.8, 4) is 11.5 Å². The summed E-state index contributed by atoms with van der Waals surface area (Å²) in [4.78, 5) is 4.60. The second-order valence-corrected chi connectivity index (χ2v) is 10.1. The summed E-state index contributed by atoms with van der Waals surface area (Å²) in [6.45, 7) is 2.05. The van der Waals surface area contributed by atoms with Crippen LogP contribution in [0.5, 0.6) is 11.5 Å². The Hall–Kier alpha value is -2.37. The van der Waals surface area contributed by atoms with E-state index in [0.29, 0.717) is 0 Å². The summed E-state index contributed by atoms with van der Waals surface area (Å²) in [7, 11) is 0. The standard InChI is InChI=1S/C26H30N2O2S/c1-18-28-21(17-31-18)16-26(27)13-11-22(12-14-26)29-23-8-10-25-20(15-23)7-9-24(30-25)19-5-3-2-4-6-19/h2-6,8,10,15,17,22,24H,7,9,11-14,16,27H2,1H3. The maximum atomic E-state index is 6.70. The predicted octanol–water partition coefficient (Wildman–Crippen LogP) is 5.78. The minimum atomic E-state index is -0.156. The summed E-state index contributed by atoms with van der Waals surface area (Å²) in [5, 5.41) is 3.26. The number of hydrogen-bond acceptors (Lipinski definition) is 5. The molecule has 1 aliphatic carbocycles. The minimum Gasteiger partial charge on any atom is -0.490 e. The molecule has 1 aromatic heterocycles. The number of hydrogen-bond donors (Lipinski definition) is 1. The lowest BCUT2D eigenvalue weighted by Crippen LogP contribution is -2.47. The Kier molecular flexibility index (Phi) is 5.72. The fourth-order valence-electron chi connectivity index (χ4n) is 4.84. The molecule has 2 aliphatic rings. The van der Waals surface area contributed by atoms with Crippen LogP contribution in [0.25, 0.3) is 0 Å². The van der Waals surface area contributed by atoms with Crippen molar-refractivity contribution in [3.05, 3.63) is 75.7 Å². The van der Waals surface area contributed by atoms with Crippen LogP contribution in [0.3, 0.4) is 0 Å². The van der Waals surface area contributed by atoms with Gasteiger partial charge in [0.25, 0.3) is 0 Å². The van der Waals surface area contributed by atoms with Gasteiger partial charge in [0.05, 0.1) is 16.8 Å². The third-order valence-electron chi connectivity index (χ3n) is 6.58. The first-order valence-corrected chi connectivity index (χ1v) is 12.2. The summed E-state index contributed by atoms with van der Waals surface area (Å²) in [6.07, 6.45) is 7.16. The molecule has 5 heteroatoms. The molecule has 1 atom stereocenters. The Morgan fingerprint density at radius 1 is 1.13 bits per heavy atom. The number of fused-ring (bicyclic) bond motifs is 1. The number of aryl methyl sites for hydroxylation is 2. The molecule has 4 nitrogen and oxygen atoms in total. The van der Waals surface area contributed by atoms with Gasteiger partial charge < -0.3 is 15.2 Å². The molecule has 1 unspecified atom stereocenters. The molecule has 1 saturated carbocycles. The van der Waals surface area contributed by atoms with Gasteiger partial charge in [0.2, 0.25) is 0 Å². The zero-order valence-corrected chi connectivity index (χ0v) is 18.9. The molecular weight excluding hydrogens is 404 g/mol. The van der Waals surface area contributed by atoms with Crippen molar-refractivity contribution >= 4 is 11.3 Å². The second-order valence-electron chi connectivity index (χ2n) is 9.04. The molecule has 5 rings (SSSR count). The first-order valence-electron chi connectivity index (χ1n) is 11.3. The number of benzene rings is 2. The van der Waals surface area contributed by atoms with Crippen molar-refractivity contribution in [2.75, 3.05) is 0 Å². The van der Waals surface area contributed by atoms with Gasteiger partial charge in [-0.05, 0) is 74.8 Å². The highest BCUT2D eigenvalue weighted by atomic mass is 32.1. The van der Waals surface area contributed by atoms with Gasteiger partial charge in [0.15, 0.2) is 0 Å². The van der Waals surface area contributed by atoms with Crippen LogP contribution in [0.1, 0.15) is 60.0 Å². The smallest absolute Gasteiger partial charge is 0.124 e. The maximum Gasteiger partial charge on any atom is 0.124 e. The van der Waals surface area contributed by atoms with Crippen molar-refractivity contribution in [1.29, 1.82) is 0 Å². The van der Waals surface area contributed by atoms with E-state index in [4.69, 9.17) is 15.2 Å². The van der Waals surface area contributed by atoms with Crippen LogP contribution in [0, 0.1) is 6.92 Å². The molecule has 0 bridgehead atoms. The molecule has 2 N–H and O–H groups in total. The van der Waals surface area contributed by atoms with E-state index in [0.717, 1.165) is 67.1 Å². The Morgan fingerprint density at radius 2 is 1.94 bits per heavy atom. The minimum absolute atomic E-state index is 0.137. The fraction of sp³-hybridized carbons (Fsp3) is 0.423. The largest absolute Gasteiger partial charge is 0.490 e. The van der Waals surface area contributed by atoms with Crippen LogP contribution >= 0.6 is 11.3 Å². The average Bonchev–Trinajstić information content (AvgIpc) is 3.19. The van der Waals surface area contributed by atoms with Crippen LogP contribution in [-0.4, -0.2) is 16.6 Å². The molecular formula is C26H30N2O2S. The summed E-state index contributed by atoms with van der Waals surface area (Å²) < 4.78 is 12.6. The number of thiazole rings is 1. The molecule has 0 amide bonds. The predicted molar refractivity (Wildman–Crippen MR) is 125 cm³/mol. The zero-order chi connectivity index (χ0) is 21.3. The number of ether oxygens (including phenoxy) is 2. The van der Waals surface area contributed by atoms with Crippen LogP contribution < -0.4 is 15.2 Å². The van der Waals surface area contributed by atoms with Crippen molar-refractivity contribution in [1.82, 2.24) is 4.98 Å². The molecule has 31 heavy (non-hydrogen) atoms. The topological polar surface area (TPSA) is 57.4 Å². The van der Waals surface area contributed by atoms with E-state index in [2.05, 4.69) is 52.8 Å². The third-order valence-corrected chi connectivity index (χ3v) is 7.40. The van der Waals surface area contributed by atoms with Gasteiger partial charge in [-0.15, -0.1) is 11.3 Å². The van der Waals surface area contributed by atoms with Gasteiger partial charge in [-0.2, -0.15) is 0 Å². The summed E-state index contributed by atoms with van der Waals surface area (Å²) in [6, 6.07) is 16.8. The molecule has 2 heterocycles. The van der Waals surface area contributed by atoms with Crippen LogP contribution in [0.2, 0.25) is 0 Å². The highest BCUT2D eigenvalue weighted by molar-refractivity contribution is 7.09. The van der Waals surface area contributed by atoms with E-state index in [1.54, 1.807) is 11.3 Å². The SMILES string of the molecule is Cc1nc(CC2(N)CCC(Oc3ccc4c(c3)CCC(c3ccccc3)O4)CC2)cs1. The molecule has 2 aromatic carbocycles. The lowest BCUT2D eigenvalue weighted by Gasteiger charge is -2.37. The molecule has 162 valence electrons. The van der Waals surface area contributed by atoms with Crippen LogP contribution in [0.4, 0.5) is 0 Å². The van der Waals surface area contributed by atoms with Crippen LogP contribution in [0.15, 0.2) is 53.9 Å². The van der Waals surface area contributed by atoms with Crippen molar-refractivity contribution in [2.24, 2.45) is 5.73 Å². The van der Waals surface area contributed by atoms with E-state index < -0.39 is 0 Å². The average molecular weight is 435 g/mol. The Labute approximate surface area is 188 Å². The van der Waals surface area contributed by atoms with Gasteiger partial charge in [-0.3, -0.25) is 0 Å². The highest BCUT2D eigenvalue weighted by Crippen LogP contribution is 2.38.